The Morgan fingerprint density at radius 1 is 1.10 bits per heavy atom. The van der Waals surface area contributed by atoms with Gasteiger partial charge in [-0.2, -0.15) is 0 Å². The van der Waals surface area contributed by atoms with Gasteiger partial charge < -0.3 is 14.8 Å². The van der Waals surface area contributed by atoms with E-state index >= 15 is 0 Å². The molecule has 0 bridgehead atoms. The Morgan fingerprint density at radius 3 is 2.70 bits per heavy atom. The van der Waals surface area contributed by atoms with Gasteiger partial charge in [0.2, 0.25) is 0 Å². The molecule has 4 heteroatoms. The van der Waals surface area contributed by atoms with Crippen molar-refractivity contribution in [2.45, 2.75) is 6.92 Å². The lowest BCUT2D eigenvalue weighted by molar-refractivity contribution is 0.329. The average molecular weight is 292 g/mol. The lowest BCUT2D eigenvalue weighted by atomic mass is 10.2. The summed E-state index contributed by atoms with van der Waals surface area (Å²) in [5.74, 6) is 1.59. The van der Waals surface area contributed by atoms with E-state index in [0.717, 1.165) is 27.8 Å². The van der Waals surface area contributed by atoms with Crippen molar-refractivity contribution in [3.8, 4) is 11.5 Å². The maximum Gasteiger partial charge on any atom is 0.123 e. The van der Waals surface area contributed by atoms with Gasteiger partial charge in [0.15, 0.2) is 0 Å². The fourth-order valence-electron chi connectivity index (χ4n) is 1.83. The van der Waals surface area contributed by atoms with E-state index in [2.05, 4.69) is 5.32 Å². The van der Waals surface area contributed by atoms with Gasteiger partial charge in [-0.3, -0.25) is 0 Å². The molecule has 3 nitrogen and oxygen atoms in total. The molecule has 0 amide bonds. The van der Waals surface area contributed by atoms with Gasteiger partial charge in [0.25, 0.3) is 0 Å². The number of rotatable bonds is 6. The fourth-order valence-corrected chi connectivity index (χ4v) is 2.00. The molecule has 0 aliphatic heterocycles. The normalized spacial score (nSPS) is 10.2. The Bertz CT molecular complexity index is 572. The van der Waals surface area contributed by atoms with Crippen LogP contribution in [-0.4, -0.2) is 20.3 Å². The molecule has 0 fully saturated rings. The summed E-state index contributed by atoms with van der Waals surface area (Å²) in [6.45, 7) is 3.32. The first-order valence-corrected chi connectivity index (χ1v) is 6.84. The number of methoxy groups -OCH3 is 1. The van der Waals surface area contributed by atoms with Crippen molar-refractivity contribution in [2.24, 2.45) is 0 Å². The first kappa shape index (κ1) is 14.5. The van der Waals surface area contributed by atoms with Crippen molar-refractivity contribution < 1.29 is 9.47 Å². The second-order valence-corrected chi connectivity index (χ2v) is 4.85. The van der Waals surface area contributed by atoms with Gasteiger partial charge in [-0.25, -0.2) is 0 Å². The van der Waals surface area contributed by atoms with Crippen molar-refractivity contribution in [2.75, 3.05) is 25.6 Å². The van der Waals surface area contributed by atoms with Crippen LogP contribution in [-0.2, 0) is 0 Å². The van der Waals surface area contributed by atoms with Crippen LogP contribution in [0.4, 0.5) is 5.69 Å². The molecule has 0 radical (unpaired) electrons. The van der Waals surface area contributed by atoms with Gasteiger partial charge in [0, 0.05) is 23.3 Å². The van der Waals surface area contributed by atoms with Crippen LogP contribution in [0.1, 0.15) is 5.56 Å². The van der Waals surface area contributed by atoms with Crippen LogP contribution in [0.3, 0.4) is 0 Å². The molecule has 106 valence electrons. The number of aryl methyl sites for hydroxylation is 1. The lowest BCUT2D eigenvalue weighted by Crippen LogP contribution is -2.12. The van der Waals surface area contributed by atoms with E-state index in [9.17, 15) is 0 Å². The van der Waals surface area contributed by atoms with Crippen molar-refractivity contribution in [1.82, 2.24) is 0 Å². The molecule has 0 unspecified atom stereocenters. The fraction of sp³-hybridized carbons (Fsp3) is 0.250. The van der Waals surface area contributed by atoms with Crippen LogP contribution in [0.5, 0.6) is 11.5 Å². The monoisotopic (exact) mass is 291 g/mol. The molecule has 1 N–H and O–H groups in total. The second-order valence-electron chi connectivity index (χ2n) is 4.41. The number of benzene rings is 2. The van der Waals surface area contributed by atoms with Crippen molar-refractivity contribution in [1.29, 1.82) is 0 Å². The Labute approximate surface area is 124 Å². The molecule has 20 heavy (non-hydrogen) atoms. The minimum atomic E-state index is 0.569. The number of halogens is 1. The molecule has 0 saturated carbocycles. The number of anilines is 1. The maximum absolute atomic E-state index is 5.97. The molecule has 2 rings (SSSR count). The van der Waals surface area contributed by atoms with Gasteiger partial charge in [-0.05, 0) is 36.8 Å². The standard InChI is InChI=1S/C16H18ClNO2/c1-12-6-7-13(17)10-16(12)18-8-9-20-15-5-3-4-14(11-15)19-2/h3-7,10-11,18H,8-9H2,1-2H3. The molecule has 0 aliphatic carbocycles. The van der Waals surface area contributed by atoms with E-state index in [-0.39, 0.29) is 0 Å². The molecule has 2 aromatic rings. The Balaban J connectivity index is 1.82. The summed E-state index contributed by atoms with van der Waals surface area (Å²) in [5.41, 5.74) is 2.20. The maximum atomic E-state index is 5.97. The van der Waals surface area contributed by atoms with E-state index in [0.29, 0.717) is 13.2 Å². The highest BCUT2D eigenvalue weighted by Gasteiger charge is 2.00. The SMILES string of the molecule is COc1cccc(OCCNc2cc(Cl)ccc2C)c1. The van der Waals surface area contributed by atoms with Crippen LogP contribution >= 0.6 is 11.6 Å². The van der Waals surface area contributed by atoms with E-state index < -0.39 is 0 Å². The third-order valence-electron chi connectivity index (χ3n) is 2.93. The molecule has 0 atom stereocenters. The summed E-state index contributed by atoms with van der Waals surface area (Å²) in [5, 5.41) is 4.04. The summed E-state index contributed by atoms with van der Waals surface area (Å²) >= 11 is 5.97. The van der Waals surface area contributed by atoms with Crippen LogP contribution in [0.2, 0.25) is 5.02 Å². The number of nitrogens with one attached hydrogen (secondary N) is 1. The summed E-state index contributed by atoms with van der Waals surface area (Å²) in [7, 11) is 1.64. The largest absolute Gasteiger partial charge is 0.497 e. The zero-order chi connectivity index (χ0) is 14.4. The Hall–Kier alpha value is -1.87. The highest BCUT2D eigenvalue weighted by molar-refractivity contribution is 6.30. The number of hydrogen-bond donors (Lipinski definition) is 1. The van der Waals surface area contributed by atoms with Gasteiger partial charge in [0.05, 0.1) is 7.11 Å². The van der Waals surface area contributed by atoms with Gasteiger partial charge in [0.1, 0.15) is 18.1 Å². The lowest BCUT2D eigenvalue weighted by Gasteiger charge is -2.11. The van der Waals surface area contributed by atoms with Crippen molar-refractivity contribution >= 4 is 17.3 Å². The molecule has 2 aromatic carbocycles. The second kappa shape index (κ2) is 7.06. The molecule has 0 aliphatic rings. The molecule has 0 aromatic heterocycles. The van der Waals surface area contributed by atoms with Gasteiger partial charge in [-0.1, -0.05) is 23.7 Å². The third kappa shape index (κ3) is 4.07. The number of ether oxygens (including phenoxy) is 2. The van der Waals surface area contributed by atoms with Crippen LogP contribution in [0.25, 0.3) is 0 Å². The highest BCUT2D eigenvalue weighted by atomic mass is 35.5. The van der Waals surface area contributed by atoms with Crippen molar-refractivity contribution in [3.05, 3.63) is 53.1 Å². The predicted molar refractivity (Wildman–Crippen MR) is 83.2 cm³/mol. The average Bonchev–Trinajstić information content (AvgIpc) is 2.47. The first-order valence-electron chi connectivity index (χ1n) is 6.46. The Morgan fingerprint density at radius 2 is 1.90 bits per heavy atom. The molecule has 0 spiro atoms. The summed E-state index contributed by atoms with van der Waals surface area (Å²) < 4.78 is 10.8. The topological polar surface area (TPSA) is 30.5 Å². The Kier molecular flexibility index (Phi) is 5.13. The quantitative estimate of drug-likeness (QED) is 0.811. The van der Waals surface area contributed by atoms with Crippen LogP contribution in [0.15, 0.2) is 42.5 Å². The predicted octanol–water partition coefficient (Wildman–Crippen LogP) is 4.15. The highest BCUT2D eigenvalue weighted by Crippen LogP contribution is 2.20. The van der Waals surface area contributed by atoms with Gasteiger partial charge in [-0.15, -0.1) is 0 Å². The summed E-state index contributed by atoms with van der Waals surface area (Å²) in [6.07, 6.45) is 0. The molecular weight excluding hydrogens is 274 g/mol. The van der Waals surface area contributed by atoms with E-state index in [1.807, 2.05) is 49.4 Å². The molecule has 0 saturated heterocycles. The smallest absolute Gasteiger partial charge is 0.123 e. The van der Waals surface area contributed by atoms with Gasteiger partial charge >= 0.3 is 0 Å². The van der Waals surface area contributed by atoms with Crippen LogP contribution < -0.4 is 14.8 Å². The minimum Gasteiger partial charge on any atom is -0.497 e. The first-order chi connectivity index (χ1) is 9.69. The minimum absolute atomic E-state index is 0.569. The molecular formula is C16H18ClNO2. The number of hydrogen-bond acceptors (Lipinski definition) is 3. The molecule has 0 heterocycles. The zero-order valence-corrected chi connectivity index (χ0v) is 12.4. The zero-order valence-electron chi connectivity index (χ0n) is 11.7. The third-order valence-corrected chi connectivity index (χ3v) is 3.16. The van der Waals surface area contributed by atoms with E-state index in [1.165, 1.54) is 0 Å². The van der Waals surface area contributed by atoms with Crippen molar-refractivity contribution in [3.63, 3.8) is 0 Å². The van der Waals surface area contributed by atoms with Crippen LogP contribution in [0, 0.1) is 6.92 Å². The van der Waals surface area contributed by atoms with E-state index in [1.54, 1.807) is 7.11 Å². The summed E-state index contributed by atoms with van der Waals surface area (Å²) in [6, 6.07) is 13.4. The summed E-state index contributed by atoms with van der Waals surface area (Å²) in [4.78, 5) is 0. The van der Waals surface area contributed by atoms with E-state index in [4.69, 9.17) is 21.1 Å².